The van der Waals surface area contributed by atoms with Gasteiger partial charge in [-0.1, -0.05) is 0 Å². The zero-order chi connectivity index (χ0) is 8.39. The largest absolute Gasteiger partial charge is 0.316 e. The molecule has 1 aliphatic rings. The number of aryl methyl sites for hydroxylation is 1. The van der Waals surface area contributed by atoms with E-state index in [1.807, 2.05) is 17.9 Å². The van der Waals surface area contributed by atoms with Gasteiger partial charge in [-0.3, -0.25) is 4.68 Å². The summed E-state index contributed by atoms with van der Waals surface area (Å²) in [5.41, 5.74) is 1.23. The highest BCUT2D eigenvalue weighted by molar-refractivity contribution is 5.00. The van der Waals surface area contributed by atoms with Crippen LogP contribution in [-0.2, 0) is 13.5 Å². The van der Waals surface area contributed by atoms with Crippen molar-refractivity contribution in [2.75, 3.05) is 13.1 Å². The van der Waals surface area contributed by atoms with Crippen molar-refractivity contribution in [3.8, 4) is 0 Å². The lowest BCUT2D eigenvalue weighted by Crippen LogP contribution is -2.11. The van der Waals surface area contributed by atoms with Gasteiger partial charge in [-0.2, -0.15) is 5.10 Å². The van der Waals surface area contributed by atoms with Crippen molar-refractivity contribution in [1.82, 2.24) is 15.1 Å². The summed E-state index contributed by atoms with van der Waals surface area (Å²) in [5.74, 6) is 0.805. The van der Waals surface area contributed by atoms with Crippen LogP contribution in [0.3, 0.4) is 0 Å². The highest BCUT2D eigenvalue weighted by atomic mass is 15.2. The molecule has 1 atom stereocenters. The van der Waals surface area contributed by atoms with E-state index < -0.39 is 0 Å². The van der Waals surface area contributed by atoms with Crippen LogP contribution in [0.4, 0.5) is 0 Å². The Kier molecular flexibility index (Phi) is 2.13. The van der Waals surface area contributed by atoms with Crippen molar-refractivity contribution < 1.29 is 0 Å². The van der Waals surface area contributed by atoms with E-state index in [1.165, 1.54) is 18.7 Å². The zero-order valence-corrected chi connectivity index (χ0v) is 7.45. The van der Waals surface area contributed by atoms with E-state index in [0.717, 1.165) is 18.9 Å². The maximum absolute atomic E-state index is 4.36. The Balaban J connectivity index is 1.94. The second-order valence-corrected chi connectivity index (χ2v) is 3.54. The molecular formula is C9H15N3. The topological polar surface area (TPSA) is 29.9 Å². The highest BCUT2D eigenvalue weighted by Crippen LogP contribution is 2.13. The Hall–Kier alpha value is -0.830. The van der Waals surface area contributed by atoms with Gasteiger partial charge < -0.3 is 5.32 Å². The van der Waals surface area contributed by atoms with Gasteiger partial charge in [0.1, 0.15) is 0 Å². The molecule has 1 fully saturated rings. The summed E-state index contributed by atoms with van der Waals surface area (Å²) in [7, 11) is 1.97. The van der Waals surface area contributed by atoms with Crippen LogP contribution in [0, 0.1) is 5.92 Å². The Morgan fingerprint density at radius 1 is 1.75 bits per heavy atom. The van der Waals surface area contributed by atoms with Crippen LogP contribution >= 0.6 is 0 Å². The van der Waals surface area contributed by atoms with Gasteiger partial charge in [0.05, 0.1) is 5.69 Å². The maximum atomic E-state index is 4.36. The summed E-state index contributed by atoms with van der Waals surface area (Å²) in [4.78, 5) is 0. The smallest absolute Gasteiger partial charge is 0.0627 e. The molecule has 0 saturated carbocycles. The second kappa shape index (κ2) is 3.27. The van der Waals surface area contributed by atoms with Gasteiger partial charge in [-0.25, -0.2) is 0 Å². The molecule has 0 amide bonds. The predicted octanol–water partition coefficient (Wildman–Crippen LogP) is 0.572. The molecular weight excluding hydrogens is 150 g/mol. The van der Waals surface area contributed by atoms with Gasteiger partial charge in [0.25, 0.3) is 0 Å². The summed E-state index contributed by atoms with van der Waals surface area (Å²) in [6.45, 7) is 2.34. The lowest BCUT2D eigenvalue weighted by molar-refractivity contribution is 0.564. The molecule has 1 saturated heterocycles. The van der Waals surface area contributed by atoms with Crippen LogP contribution in [0.5, 0.6) is 0 Å². The van der Waals surface area contributed by atoms with Crippen molar-refractivity contribution >= 4 is 0 Å². The minimum absolute atomic E-state index is 0.805. The Labute approximate surface area is 72.8 Å². The van der Waals surface area contributed by atoms with Crippen molar-refractivity contribution in [2.24, 2.45) is 13.0 Å². The molecule has 0 radical (unpaired) electrons. The van der Waals surface area contributed by atoms with Crippen molar-refractivity contribution in [3.63, 3.8) is 0 Å². The van der Waals surface area contributed by atoms with Crippen LogP contribution in [-0.4, -0.2) is 22.9 Å². The Morgan fingerprint density at radius 2 is 2.67 bits per heavy atom. The first-order valence-corrected chi connectivity index (χ1v) is 4.54. The summed E-state index contributed by atoms with van der Waals surface area (Å²) in [6, 6.07) is 2.11. The van der Waals surface area contributed by atoms with Crippen LogP contribution in [0.2, 0.25) is 0 Å². The fourth-order valence-electron chi connectivity index (χ4n) is 1.76. The van der Waals surface area contributed by atoms with Crippen LogP contribution in [0.1, 0.15) is 12.1 Å². The van der Waals surface area contributed by atoms with Gasteiger partial charge >= 0.3 is 0 Å². The van der Waals surface area contributed by atoms with E-state index in [-0.39, 0.29) is 0 Å². The predicted molar refractivity (Wildman–Crippen MR) is 47.9 cm³/mol. The van der Waals surface area contributed by atoms with Gasteiger partial charge in [-0.15, -0.1) is 0 Å². The standard InChI is InChI=1S/C9H15N3/c1-12-5-3-9(11-12)6-8-2-4-10-7-8/h3,5,8,10H,2,4,6-7H2,1H3. The van der Waals surface area contributed by atoms with Crippen LogP contribution in [0.15, 0.2) is 12.3 Å². The molecule has 1 aromatic rings. The molecule has 0 spiro atoms. The van der Waals surface area contributed by atoms with Crippen molar-refractivity contribution in [2.45, 2.75) is 12.8 Å². The van der Waals surface area contributed by atoms with Crippen LogP contribution < -0.4 is 5.32 Å². The molecule has 1 N–H and O–H groups in total. The third-order valence-electron chi connectivity index (χ3n) is 2.43. The SMILES string of the molecule is Cn1ccc(CC2CCNC2)n1. The van der Waals surface area contributed by atoms with Crippen molar-refractivity contribution in [1.29, 1.82) is 0 Å². The first-order chi connectivity index (χ1) is 5.84. The number of aromatic nitrogens is 2. The minimum Gasteiger partial charge on any atom is -0.316 e. The monoisotopic (exact) mass is 165 g/mol. The van der Waals surface area contributed by atoms with Gasteiger partial charge in [-0.05, 0) is 37.9 Å². The summed E-state index contributed by atoms with van der Waals surface area (Å²) in [6.07, 6.45) is 4.45. The van der Waals surface area contributed by atoms with E-state index in [9.17, 15) is 0 Å². The second-order valence-electron chi connectivity index (χ2n) is 3.54. The Morgan fingerprint density at radius 3 is 3.25 bits per heavy atom. The summed E-state index contributed by atoms with van der Waals surface area (Å²) in [5, 5.41) is 7.73. The number of hydrogen-bond acceptors (Lipinski definition) is 2. The quantitative estimate of drug-likeness (QED) is 0.694. The molecule has 3 nitrogen and oxygen atoms in total. The molecule has 1 aliphatic heterocycles. The van der Waals surface area contributed by atoms with Gasteiger partial charge in [0.2, 0.25) is 0 Å². The van der Waals surface area contributed by atoms with Crippen LogP contribution in [0.25, 0.3) is 0 Å². The lowest BCUT2D eigenvalue weighted by atomic mass is 10.0. The molecule has 66 valence electrons. The fraction of sp³-hybridized carbons (Fsp3) is 0.667. The van der Waals surface area contributed by atoms with E-state index in [0.29, 0.717) is 0 Å². The lowest BCUT2D eigenvalue weighted by Gasteiger charge is -2.03. The van der Waals surface area contributed by atoms with E-state index >= 15 is 0 Å². The van der Waals surface area contributed by atoms with E-state index in [2.05, 4.69) is 16.5 Å². The summed E-state index contributed by atoms with van der Waals surface area (Å²) < 4.78 is 1.87. The molecule has 0 aliphatic carbocycles. The average Bonchev–Trinajstić information content (AvgIpc) is 2.63. The molecule has 2 heterocycles. The number of nitrogens with zero attached hydrogens (tertiary/aromatic N) is 2. The third-order valence-corrected chi connectivity index (χ3v) is 2.43. The molecule has 1 aromatic heterocycles. The molecule has 3 heteroatoms. The zero-order valence-electron chi connectivity index (χ0n) is 7.45. The number of hydrogen-bond donors (Lipinski definition) is 1. The van der Waals surface area contributed by atoms with Gasteiger partial charge in [0.15, 0.2) is 0 Å². The molecule has 0 aromatic carbocycles. The van der Waals surface area contributed by atoms with E-state index in [1.54, 1.807) is 0 Å². The van der Waals surface area contributed by atoms with Gasteiger partial charge in [0, 0.05) is 13.2 Å². The first-order valence-electron chi connectivity index (χ1n) is 4.54. The molecule has 12 heavy (non-hydrogen) atoms. The third kappa shape index (κ3) is 1.67. The fourth-order valence-corrected chi connectivity index (χ4v) is 1.76. The Bertz CT molecular complexity index is 248. The minimum atomic E-state index is 0.805. The molecule has 1 unspecified atom stereocenters. The molecule has 2 rings (SSSR count). The first kappa shape index (κ1) is 7.80. The van der Waals surface area contributed by atoms with E-state index in [4.69, 9.17) is 0 Å². The van der Waals surface area contributed by atoms with Crippen molar-refractivity contribution in [3.05, 3.63) is 18.0 Å². The number of rotatable bonds is 2. The average molecular weight is 165 g/mol. The number of nitrogens with one attached hydrogen (secondary N) is 1. The highest BCUT2D eigenvalue weighted by Gasteiger charge is 2.15. The maximum Gasteiger partial charge on any atom is 0.0627 e. The normalized spacial score (nSPS) is 23.2. The molecule has 0 bridgehead atoms. The summed E-state index contributed by atoms with van der Waals surface area (Å²) >= 11 is 0.